The molecule has 1 aromatic heterocycles. The summed E-state index contributed by atoms with van der Waals surface area (Å²) in [4.78, 5) is 28.3. The van der Waals surface area contributed by atoms with Gasteiger partial charge in [-0.1, -0.05) is 78.9 Å². The van der Waals surface area contributed by atoms with Gasteiger partial charge in [-0.25, -0.2) is 0 Å². The Morgan fingerprint density at radius 2 is 1.68 bits per heavy atom. The van der Waals surface area contributed by atoms with Crippen LogP contribution in [0.3, 0.4) is 0 Å². The molecule has 0 aliphatic carbocycles. The van der Waals surface area contributed by atoms with E-state index in [0.717, 1.165) is 18.4 Å². The minimum absolute atomic E-state index is 0.0199. The first kappa shape index (κ1) is 28.4. The average molecular weight is 588 g/mol. The number of ketones is 1. The number of hydrogen-bond donors (Lipinski definition) is 1. The van der Waals surface area contributed by atoms with Crippen molar-refractivity contribution in [1.29, 1.82) is 0 Å². The first-order valence-corrected chi connectivity index (χ1v) is 15.0. The number of aliphatic hydroxyl groups is 1. The van der Waals surface area contributed by atoms with Crippen LogP contribution < -0.4 is 14.4 Å². The largest absolute Gasteiger partial charge is 0.507 e. The summed E-state index contributed by atoms with van der Waals surface area (Å²) >= 11 is 2.73. The summed E-state index contributed by atoms with van der Waals surface area (Å²) in [5, 5.41) is 20.2. The molecule has 1 fully saturated rings. The highest BCUT2D eigenvalue weighted by molar-refractivity contribution is 8.00. The molecule has 4 aromatic rings. The minimum Gasteiger partial charge on any atom is -0.507 e. The Morgan fingerprint density at radius 1 is 0.976 bits per heavy atom. The van der Waals surface area contributed by atoms with E-state index in [0.29, 0.717) is 39.3 Å². The molecule has 5 rings (SSSR count). The van der Waals surface area contributed by atoms with Crippen molar-refractivity contribution in [3.8, 4) is 11.5 Å². The molecule has 1 atom stereocenters. The number of unbranched alkanes of at least 4 members (excludes halogenated alkanes) is 1. The molecular formula is C31H29N3O5S2. The van der Waals surface area contributed by atoms with Crippen molar-refractivity contribution in [2.45, 2.75) is 35.9 Å². The lowest BCUT2D eigenvalue weighted by molar-refractivity contribution is -0.132. The summed E-state index contributed by atoms with van der Waals surface area (Å²) in [5.74, 6) is 0.142. The van der Waals surface area contributed by atoms with E-state index in [1.807, 2.05) is 30.3 Å². The molecule has 0 spiro atoms. The van der Waals surface area contributed by atoms with Gasteiger partial charge in [0, 0.05) is 11.3 Å². The van der Waals surface area contributed by atoms with Crippen LogP contribution in [0.2, 0.25) is 0 Å². The van der Waals surface area contributed by atoms with E-state index in [1.54, 1.807) is 55.6 Å². The number of aliphatic hydroxyl groups excluding tert-OH is 1. The number of ether oxygens (including phenoxy) is 2. The first-order valence-electron chi connectivity index (χ1n) is 13.2. The van der Waals surface area contributed by atoms with Crippen molar-refractivity contribution in [2.75, 3.05) is 18.6 Å². The van der Waals surface area contributed by atoms with Crippen molar-refractivity contribution in [1.82, 2.24) is 10.2 Å². The lowest BCUT2D eigenvalue weighted by Crippen LogP contribution is -2.29. The number of carbonyl (C=O) groups excluding carboxylic acids is 2. The van der Waals surface area contributed by atoms with Crippen molar-refractivity contribution in [3.63, 3.8) is 0 Å². The molecule has 8 nitrogen and oxygen atoms in total. The van der Waals surface area contributed by atoms with Crippen LogP contribution >= 0.6 is 23.1 Å². The third-order valence-corrected chi connectivity index (χ3v) is 8.70. The van der Waals surface area contributed by atoms with Gasteiger partial charge in [0.1, 0.15) is 17.3 Å². The molecule has 0 radical (unpaired) electrons. The SMILES string of the molecule is CCCCOc1ccc(C(O)=C2C(=O)C(=O)N(c3nnc(SCc4ccccc4)s3)[C@@H]2c2ccc(OC)cc2)cc1. The second-order valence-corrected chi connectivity index (χ2v) is 11.5. The van der Waals surface area contributed by atoms with E-state index in [2.05, 4.69) is 17.1 Å². The van der Waals surface area contributed by atoms with Gasteiger partial charge in [-0.2, -0.15) is 0 Å². The van der Waals surface area contributed by atoms with Gasteiger partial charge in [-0.05, 0) is 53.9 Å². The van der Waals surface area contributed by atoms with Gasteiger partial charge in [-0.15, -0.1) is 10.2 Å². The number of carbonyl (C=O) groups is 2. The Kier molecular flexibility index (Phi) is 9.01. The highest BCUT2D eigenvalue weighted by atomic mass is 32.2. The maximum absolute atomic E-state index is 13.5. The first-order chi connectivity index (χ1) is 20.0. The highest BCUT2D eigenvalue weighted by Gasteiger charge is 2.48. The third kappa shape index (κ3) is 6.28. The van der Waals surface area contributed by atoms with Crippen molar-refractivity contribution in [3.05, 3.63) is 101 Å². The Hall–Kier alpha value is -4.15. The number of Topliss-reactive ketones (excluding diaryl/α,β-unsaturated/α-hetero) is 1. The third-order valence-electron chi connectivity index (χ3n) is 6.58. The number of nitrogens with zero attached hydrogens (tertiary/aromatic N) is 3. The highest BCUT2D eigenvalue weighted by Crippen LogP contribution is 2.44. The zero-order chi connectivity index (χ0) is 28.8. The number of amides is 1. The standard InChI is InChI=1S/C31H29N3O5S2/c1-3-4-18-39-24-16-12-22(13-17-24)27(35)25-26(21-10-14-23(38-2)15-11-21)34(29(37)28(25)36)30-32-33-31(41-30)40-19-20-8-6-5-7-9-20/h5-17,26,35H,3-4,18-19H2,1-2H3/t26-/m1/s1. The Labute approximate surface area is 246 Å². The number of aromatic nitrogens is 2. The van der Waals surface area contributed by atoms with E-state index >= 15 is 0 Å². The van der Waals surface area contributed by atoms with Crippen LogP contribution in [0.4, 0.5) is 5.13 Å². The van der Waals surface area contributed by atoms with Crippen LogP contribution in [0.5, 0.6) is 11.5 Å². The molecule has 1 saturated heterocycles. The van der Waals surface area contributed by atoms with E-state index in [4.69, 9.17) is 9.47 Å². The van der Waals surface area contributed by atoms with Crippen LogP contribution in [0, 0.1) is 0 Å². The van der Waals surface area contributed by atoms with Crippen LogP contribution in [0.25, 0.3) is 5.76 Å². The predicted octanol–water partition coefficient (Wildman–Crippen LogP) is 6.64. The molecule has 10 heteroatoms. The average Bonchev–Trinajstić information content (AvgIpc) is 3.58. The van der Waals surface area contributed by atoms with E-state index in [9.17, 15) is 14.7 Å². The fraction of sp³-hybridized carbons (Fsp3) is 0.226. The number of hydrogen-bond acceptors (Lipinski definition) is 9. The monoisotopic (exact) mass is 587 g/mol. The molecule has 1 aliphatic heterocycles. The molecule has 0 saturated carbocycles. The second-order valence-electron chi connectivity index (χ2n) is 9.29. The quantitative estimate of drug-likeness (QED) is 0.0520. The summed E-state index contributed by atoms with van der Waals surface area (Å²) < 4.78 is 11.7. The van der Waals surface area contributed by atoms with Gasteiger partial charge in [0.05, 0.1) is 25.3 Å². The summed E-state index contributed by atoms with van der Waals surface area (Å²) in [6.45, 7) is 2.68. The summed E-state index contributed by atoms with van der Waals surface area (Å²) in [6, 6.07) is 22.9. The molecule has 41 heavy (non-hydrogen) atoms. The van der Waals surface area contributed by atoms with Crippen LogP contribution in [0.1, 0.15) is 42.5 Å². The molecule has 1 amide bonds. The summed E-state index contributed by atoms with van der Waals surface area (Å²) in [5.41, 5.74) is 2.14. The smallest absolute Gasteiger partial charge is 0.301 e. The fourth-order valence-electron chi connectivity index (χ4n) is 4.41. The molecule has 3 aromatic carbocycles. The zero-order valence-corrected chi connectivity index (χ0v) is 24.3. The number of benzene rings is 3. The Balaban J connectivity index is 1.50. The molecule has 0 bridgehead atoms. The van der Waals surface area contributed by atoms with Crippen LogP contribution in [0.15, 0.2) is 88.8 Å². The summed E-state index contributed by atoms with van der Waals surface area (Å²) in [7, 11) is 1.56. The van der Waals surface area contributed by atoms with Crippen molar-refractivity contribution in [2.24, 2.45) is 0 Å². The minimum atomic E-state index is -0.902. The van der Waals surface area contributed by atoms with E-state index in [1.165, 1.54) is 28.0 Å². The Bertz CT molecular complexity index is 1540. The number of thioether (sulfide) groups is 1. The van der Waals surface area contributed by atoms with Gasteiger partial charge in [-0.3, -0.25) is 14.5 Å². The number of methoxy groups -OCH3 is 1. The molecule has 1 aliphatic rings. The van der Waals surface area contributed by atoms with Crippen LogP contribution in [-0.2, 0) is 15.3 Å². The molecule has 0 unspecified atom stereocenters. The summed E-state index contributed by atoms with van der Waals surface area (Å²) in [6.07, 6.45) is 1.96. The van der Waals surface area contributed by atoms with Crippen molar-refractivity contribution < 1.29 is 24.2 Å². The maximum Gasteiger partial charge on any atom is 0.301 e. The molecule has 2 heterocycles. The van der Waals surface area contributed by atoms with Crippen molar-refractivity contribution >= 4 is 45.7 Å². The second kappa shape index (κ2) is 13.0. The molecule has 210 valence electrons. The zero-order valence-electron chi connectivity index (χ0n) is 22.6. The topological polar surface area (TPSA) is 102 Å². The van der Waals surface area contributed by atoms with E-state index < -0.39 is 17.7 Å². The molecule has 1 N–H and O–H groups in total. The normalized spacial score (nSPS) is 16.2. The van der Waals surface area contributed by atoms with Gasteiger partial charge in [0.15, 0.2) is 4.34 Å². The van der Waals surface area contributed by atoms with E-state index in [-0.39, 0.29) is 16.5 Å². The Morgan fingerprint density at radius 3 is 2.37 bits per heavy atom. The van der Waals surface area contributed by atoms with Gasteiger partial charge >= 0.3 is 5.91 Å². The lowest BCUT2D eigenvalue weighted by Gasteiger charge is -2.22. The van der Waals surface area contributed by atoms with Gasteiger partial charge < -0.3 is 14.6 Å². The van der Waals surface area contributed by atoms with Gasteiger partial charge in [0.25, 0.3) is 5.78 Å². The predicted molar refractivity (Wildman–Crippen MR) is 161 cm³/mol. The van der Waals surface area contributed by atoms with Crippen LogP contribution in [-0.4, -0.2) is 40.7 Å². The molecular weight excluding hydrogens is 558 g/mol. The maximum atomic E-state index is 13.5. The van der Waals surface area contributed by atoms with Gasteiger partial charge in [0.2, 0.25) is 5.13 Å². The number of anilines is 1. The lowest BCUT2D eigenvalue weighted by atomic mass is 9.95. The fourth-order valence-corrected chi connectivity index (χ4v) is 6.23. The number of rotatable bonds is 11.